The van der Waals surface area contributed by atoms with Gasteiger partial charge in [0.2, 0.25) is 0 Å². The number of carboxylic acid groups (broad SMARTS) is 1. The number of halogens is 3. The third kappa shape index (κ3) is 3.04. The number of carbonyl (C=O) groups excluding carboxylic acids is 1. The summed E-state index contributed by atoms with van der Waals surface area (Å²) in [5.41, 5.74) is 0.411. The molecule has 0 saturated carbocycles. The van der Waals surface area contributed by atoms with Crippen molar-refractivity contribution in [3.8, 4) is 5.69 Å². The maximum atomic E-state index is 13.4. The van der Waals surface area contributed by atoms with Crippen LogP contribution in [0.25, 0.3) is 5.69 Å². The second-order valence-corrected chi connectivity index (χ2v) is 7.21. The molecule has 0 spiro atoms. The molecule has 0 bridgehead atoms. The van der Waals surface area contributed by atoms with E-state index in [0.29, 0.717) is 5.69 Å². The average molecular weight is 395 g/mol. The first-order chi connectivity index (χ1) is 13.0. The lowest BCUT2D eigenvalue weighted by atomic mass is 9.86. The summed E-state index contributed by atoms with van der Waals surface area (Å²) in [7, 11) is 0. The summed E-state index contributed by atoms with van der Waals surface area (Å²) in [4.78, 5) is 25.1. The highest BCUT2D eigenvalue weighted by molar-refractivity contribution is 5.96. The highest BCUT2D eigenvalue weighted by Gasteiger charge is 2.64. The Morgan fingerprint density at radius 1 is 1.21 bits per heavy atom. The van der Waals surface area contributed by atoms with Gasteiger partial charge in [0.25, 0.3) is 5.91 Å². The van der Waals surface area contributed by atoms with Crippen molar-refractivity contribution < 1.29 is 27.9 Å². The first-order valence-corrected chi connectivity index (χ1v) is 8.69. The zero-order valence-electron chi connectivity index (χ0n) is 15.7. The largest absolute Gasteiger partial charge is 0.481 e. The highest BCUT2D eigenvalue weighted by atomic mass is 19.4. The molecule has 1 fully saturated rings. The standard InChI is InChI=1S/C19H20F3N3O3/c1-11-4-5-12(2)15(8-11)25-13(3)14(9-23-25)16(26)24-7-6-18(10-24,17(27)28)19(20,21)22/h4-5,8-9H,6-7,10H2,1-3H3,(H,27,28). The number of aromatic nitrogens is 2. The molecule has 1 aromatic carbocycles. The molecular formula is C19H20F3N3O3. The number of likely N-dealkylation sites (tertiary alicyclic amines) is 1. The number of aryl methyl sites for hydroxylation is 2. The van der Waals surface area contributed by atoms with Crippen molar-refractivity contribution in [1.82, 2.24) is 14.7 Å². The zero-order chi connectivity index (χ0) is 20.9. The number of hydrogen-bond acceptors (Lipinski definition) is 3. The molecule has 2 aromatic rings. The number of alkyl halides is 3. The van der Waals surface area contributed by atoms with Gasteiger partial charge in [-0.2, -0.15) is 18.3 Å². The smallest absolute Gasteiger partial charge is 0.406 e. The van der Waals surface area contributed by atoms with Crippen LogP contribution in [0.4, 0.5) is 13.2 Å². The van der Waals surface area contributed by atoms with Crippen molar-refractivity contribution in [2.24, 2.45) is 5.41 Å². The first kappa shape index (κ1) is 19.9. The average Bonchev–Trinajstić information content (AvgIpc) is 3.21. The quantitative estimate of drug-likeness (QED) is 0.866. The summed E-state index contributed by atoms with van der Waals surface area (Å²) in [6, 6.07) is 5.76. The Kier molecular flexibility index (Phi) is 4.73. The number of aliphatic carboxylic acids is 1. The fourth-order valence-corrected chi connectivity index (χ4v) is 3.49. The minimum absolute atomic E-state index is 0.157. The molecule has 1 N–H and O–H groups in total. The summed E-state index contributed by atoms with van der Waals surface area (Å²) in [6.07, 6.45) is -4.29. The molecule has 1 saturated heterocycles. The highest BCUT2D eigenvalue weighted by Crippen LogP contribution is 2.46. The van der Waals surface area contributed by atoms with Gasteiger partial charge in [0.05, 0.1) is 23.1 Å². The molecule has 3 rings (SSSR count). The van der Waals surface area contributed by atoms with Crippen LogP contribution in [0.2, 0.25) is 0 Å². The molecule has 1 atom stereocenters. The van der Waals surface area contributed by atoms with E-state index in [9.17, 15) is 22.8 Å². The van der Waals surface area contributed by atoms with Crippen LogP contribution in [-0.4, -0.2) is 50.9 Å². The van der Waals surface area contributed by atoms with E-state index in [1.54, 1.807) is 11.6 Å². The normalized spacial score (nSPS) is 19.9. The van der Waals surface area contributed by atoms with Crippen LogP contribution in [0, 0.1) is 26.2 Å². The number of carbonyl (C=O) groups is 2. The third-order valence-corrected chi connectivity index (χ3v) is 5.34. The predicted molar refractivity (Wildman–Crippen MR) is 94.4 cm³/mol. The molecule has 28 heavy (non-hydrogen) atoms. The van der Waals surface area contributed by atoms with E-state index in [1.165, 1.54) is 6.20 Å². The summed E-state index contributed by atoms with van der Waals surface area (Å²) < 4.78 is 41.6. The van der Waals surface area contributed by atoms with Crippen molar-refractivity contribution in [1.29, 1.82) is 0 Å². The molecular weight excluding hydrogens is 375 g/mol. The molecule has 0 radical (unpaired) electrons. The van der Waals surface area contributed by atoms with E-state index >= 15 is 0 Å². The van der Waals surface area contributed by atoms with Crippen molar-refractivity contribution in [2.45, 2.75) is 33.4 Å². The molecule has 0 aliphatic carbocycles. The summed E-state index contributed by atoms with van der Waals surface area (Å²) in [5, 5.41) is 13.4. The van der Waals surface area contributed by atoms with Crippen LogP contribution in [0.15, 0.2) is 24.4 Å². The van der Waals surface area contributed by atoms with Crippen LogP contribution in [0.5, 0.6) is 0 Å². The van der Waals surface area contributed by atoms with Gasteiger partial charge in [-0.1, -0.05) is 12.1 Å². The van der Waals surface area contributed by atoms with E-state index in [0.717, 1.165) is 21.7 Å². The maximum absolute atomic E-state index is 13.4. The lowest BCUT2D eigenvalue weighted by Gasteiger charge is -2.27. The van der Waals surface area contributed by atoms with Crippen molar-refractivity contribution in [2.75, 3.05) is 13.1 Å². The SMILES string of the molecule is Cc1ccc(C)c(-n2ncc(C(=O)N3CCC(C(=O)O)(C(F)(F)F)C3)c2C)c1. The van der Waals surface area contributed by atoms with Crippen molar-refractivity contribution in [3.63, 3.8) is 0 Å². The first-order valence-electron chi connectivity index (χ1n) is 8.69. The minimum atomic E-state index is -4.94. The van der Waals surface area contributed by atoms with E-state index in [2.05, 4.69) is 5.10 Å². The van der Waals surface area contributed by atoms with Gasteiger partial charge in [-0.15, -0.1) is 0 Å². The van der Waals surface area contributed by atoms with E-state index in [-0.39, 0.29) is 12.1 Å². The topological polar surface area (TPSA) is 75.4 Å². The van der Waals surface area contributed by atoms with E-state index < -0.39 is 36.4 Å². The summed E-state index contributed by atoms with van der Waals surface area (Å²) in [6.45, 7) is 4.28. The molecule has 150 valence electrons. The Hall–Kier alpha value is -2.84. The van der Waals surface area contributed by atoms with Gasteiger partial charge in [-0.3, -0.25) is 9.59 Å². The van der Waals surface area contributed by atoms with Gasteiger partial charge in [-0.05, 0) is 44.4 Å². The maximum Gasteiger partial charge on any atom is 0.406 e. The van der Waals surface area contributed by atoms with Crippen LogP contribution < -0.4 is 0 Å². The van der Waals surface area contributed by atoms with Gasteiger partial charge < -0.3 is 10.0 Å². The molecule has 1 aliphatic rings. The van der Waals surface area contributed by atoms with Crippen LogP contribution >= 0.6 is 0 Å². The number of hydrogen-bond donors (Lipinski definition) is 1. The molecule has 1 aromatic heterocycles. The molecule has 1 unspecified atom stereocenters. The Labute approximate surface area is 159 Å². The molecule has 2 heterocycles. The third-order valence-electron chi connectivity index (χ3n) is 5.34. The Morgan fingerprint density at radius 2 is 1.89 bits per heavy atom. The minimum Gasteiger partial charge on any atom is -0.481 e. The summed E-state index contributed by atoms with van der Waals surface area (Å²) >= 11 is 0. The Bertz CT molecular complexity index is 952. The van der Waals surface area contributed by atoms with Gasteiger partial charge in [-0.25, -0.2) is 4.68 Å². The van der Waals surface area contributed by atoms with Gasteiger partial charge in [0.15, 0.2) is 5.41 Å². The second kappa shape index (κ2) is 6.65. The number of benzene rings is 1. The fraction of sp³-hybridized carbons (Fsp3) is 0.421. The zero-order valence-corrected chi connectivity index (χ0v) is 15.7. The monoisotopic (exact) mass is 395 g/mol. The van der Waals surface area contributed by atoms with Crippen molar-refractivity contribution in [3.05, 3.63) is 46.8 Å². The van der Waals surface area contributed by atoms with Crippen LogP contribution in [0.1, 0.15) is 33.6 Å². The van der Waals surface area contributed by atoms with Crippen LogP contribution in [-0.2, 0) is 4.79 Å². The number of amides is 1. The fourth-order valence-electron chi connectivity index (χ4n) is 3.49. The second-order valence-electron chi connectivity index (χ2n) is 7.21. The van der Waals surface area contributed by atoms with Gasteiger partial charge >= 0.3 is 12.1 Å². The van der Waals surface area contributed by atoms with E-state index in [4.69, 9.17) is 5.11 Å². The van der Waals surface area contributed by atoms with Crippen LogP contribution in [0.3, 0.4) is 0 Å². The number of carboxylic acids is 1. The molecule has 6 nitrogen and oxygen atoms in total. The molecule has 1 aliphatic heterocycles. The lowest BCUT2D eigenvalue weighted by molar-refractivity contribution is -0.227. The Morgan fingerprint density at radius 3 is 2.46 bits per heavy atom. The van der Waals surface area contributed by atoms with Gasteiger partial charge in [0, 0.05) is 13.1 Å². The number of nitrogens with zero attached hydrogens (tertiary/aromatic N) is 3. The predicted octanol–water partition coefficient (Wildman–Crippen LogP) is 3.28. The lowest BCUT2D eigenvalue weighted by Crippen LogP contribution is -2.47. The molecule has 1 amide bonds. The Balaban J connectivity index is 1.92. The summed E-state index contributed by atoms with van der Waals surface area (Å²) in [5.74, 6) is -2.61. The van der Waals surface area contributed by atoms with Crippen molar-refractivity contribution >= 4 is 11.9 Å². The van der Waals surface area contributed by atoms with Gasteiger partial charge in [0.1, 0.15) is 0 Å². The van der Waals surface area contributed by atoms with E-state index in [1.807, 2.05) is 32.0 Å². The molecule has 9 heteroatoms. The number of rotatable bonds is 3.